The largest absolute Gasteiger partial charge is 0.351 e. The van der Waals surface area contributed by atoms with Gasteiger partial charge in [-0.05, 0) is 31.5 Å². The molecule has 0 bridgehead atoms. The SMILES string of the molecule is Cc1ccc(CNC(=O)C(C)N2CCN(CC(=O)Nc3ccccc3Cl)CC2)cc1. The molecule has 0 spiro atoms. The maximum absolute atomic E-state index is 12.5. The van der Waals surface area contributed by atoms with Gasteiger partial charge in [-0.15, -0.1) is 0 Å². The van der Waals surface area contributed by atoms with Crippen LogP contribution in [0.5, 0.6) is 0 Å². The molecule has 1 aliphatic rings. The molecule has 2 aromatic carbocycles. The summed E-state index contributed by atoms with van der Waals surface area (Å²) in [4.78, 5) is 29.1. The minimum absolute atomic E-state index is 0.0282. The van der Waals surface area contributed by atoms with Gasteiger partial charge in [-0.2, -0.15) is 0 Å². The van der Waals surface area contributed by atoms with Gasteiger partial charge < -0.3 is 10.6 Å². The number of para-hydroxylation sites is 1. The molecule has 2 amide bonds. The normalized spacial score (nSPS) is 16.1. The Bertz CT molecular complexity index is 864. The molecule has 1 atom stereocenters. The maximum Gasteiger partial charge on any atom is 0.238 e. The van der Waals surface area contributed by atoms with Crippen LogP contribution in [-0.2, 0) is 16.1 Å². The average molecular weight is 429 g/mol. The number of nitrogens with one attached hydrogen (secondary N) is 2. The second-order valence-corrected chi connectivity index (χ2v) is 8.13. The molecule has 6 nitrogen and oxygen atoms in total. The molecule has 2 aromatic rings. The predicted molar refractivity (Wildman–Crippen MR) is 121 cm³/mol. The van der Waals surface area contributed by atoms with Crippen LogP contribution >= 0.6 is 11.6 Å². The third-order valence-corrected chi connectivity index (χ3v) is 5.77. The minimum atomic E-state index is -0.199. The molecule has 0 radical (unpaired) electrons. The van der Waals surface area contributed by atoms with Crippen LogP contribution in [0.1, 0.15) is 18.1 Å². The maximum atomic E-state index is 12.5. The first kappa shape index (κ1) is 22.3. The Morgan fingerprint density at radius 1 is 1.03 bits per heavy atom. The van der Waals surface area contributed by atoms with Gasteiger partial charge in [0.05, 0.1) is 23.3 Å². The van der Waals surface area contributed by atoms with Crippen molar-refractivity contribution < 1.29 is 9.59 Å². The van der Waals surface area contributed by atoms with E-state index in [2.05, 4.69) is 20.4 Å². The molecule has 160 valence electrons. The second kappa shape index (κ2) is 10.6. The highest BCUT2D eigenvalue weighted by atomic mass is 35.5. The quantitative estimate of drug-likeness (QED) is 0.711. The van der Waals surface area contributed by atoms with Gasteiger partial charge in [-0.1, -0.05) is 53.6 Å². The summed E-state index contributed by atoms with van der Waals surface area (Å²) >= 11 is 6.09. The highest BCUT2D eigenvalue weighted by molar-refractivity contribution is 6.33. The number of piperazine rings is 1. The number of benzene rings is 2. The van der Waals surface area contributed by atoms with Crippen LogP contribution in [0.25, 0.3) is 0 Å². The molecule has 30 heavy (non-hydrogen) atoms. The number of anilines is 1. The van der Waals surface area contributed by atoms with E-state index in [4.69, 9.17) is 11.6 Å². The third-order valence-electron chi connectivity index (χ3n) is 5.44. The van der Waals surface area contributed by atoms with E-state index < -0.39 is 0 Å². The average Bonchev–Trinajstić information content (AvgIpc) is 2.75. The Morgan fingerprint density at radius 2 is 1.70 bits per heavy atom. The van der Waals surface area contributed by atoms with Gasteiger partial charge in [-0.3, -0.25) is 19.4 Å². The summed E-state index contributed by atoms with van der Waals surface area (Å²) in [5.74, 6) is -0.0547. The van der Waals surface area contributed by atoms with Gasteiger partial charge in [0.25, 0.3) is 0 Å². The molecule has 0 aliphatic carbocycles. The summed E-state index contributed by atoms with van der Waals surface area (Å²) in [5, 5.41) is 6.40. The van der Waals surface area contributed by atoms with Gasteiger partial charge in [0.2, 0.25) is 11.8 Å². The lowest BCUT2D eigenvalue weighted by Crippen LogP contribution is -2.54. The number of hydrogen-bond donors (Lipinski definition) is 2. The Hall–Kier alpha value is -2.41. The zero-order valence-corrected chi connectivity index (χ0v) is 18.3. The minimum Gasteiger partial charge on any atom is -0.351 e. The molecule has 1 fully saturated rings. The summed E-state index contributed by atoms with van der Waals surface area (Å²) in [5.41, 5.74) is 2.93. The van der Waals surface area contributed by atoms with Crippen molar-refractivity contribution in [3.05, 3.63) is 64.7 Å². The molecule has 3 rings (SSSR count). The number of carbonyl (C=O) groups excluding carboxylic acids is 2. The van der Waals surface area contributed by atoms with Gasteiger partial charge in [0, 0.05) is 32.7 Å². The van der Waals surface area contributed by atoms with Crippen molar-refractivity contribution in [3.63, 3.8) is 0 Å². The van der Waals surface area contributed by atoms with Gasteiger partial charge in [0.1, 0.15) is 0 Å². The summed E-state index contributed by atoms with van der Waals surface area (Å²) in [6.45, 7) is 7.81. The molecule has 1 aliphatic heterocycles. The monoisotopic (exact) mass is 428 g/mol. The fourth-order valence-corrected chi connectivity index (χ4v) is 3.66. The van der Waals surface area contributed by atoms with Crippen molar-refractivity contribution >= 4 is 29.1 Å². The zero-order chi connectivity index (χ0) is 21.5. The lowest BCUT2D eigenvalue weighted by atomic mass is 10.1. The van der Waals surface area contributed by atoms with Crippen LogP contribution in [0, 0.1) is 6.92 Å². The first-order valence-corrected chi connectivity index (χ1v) is 10.6. The van der Waals surface area contributed by atoms with Gasteiger partial charge in [0.15, 0.2) is 0 Å². The molecule has 1 unspecified atom stereocenters. The van der Waals surface area contributed by atoms with Crippen LogP contribution < -0.4 is 10.6 Å². The second-order valence-electron chi connectivity index (χ2n) is 7.72. The Kier molecular flexibility index (Phi) is 7.85. The highest BCUT2D eigenvalue weighted by Gasteiger charge is 2.26. The smallest absolute Gasteiger partial charge is 0.238 e. The number of nitrogens with zero attached hydrogens (tertiary/aromatic N) is 2. The van der Waals surface area contributed by atoms with Crippen molar-refractivity contribution in [1.29, 1.82) is 0 Å². The van der Waals surface area contributed by atoms with Crippen molar-refractivity contribution in [1.82, 2.24) is 15.1 Å². The highest BCUT2D eigenvalue weighted by Crippen LogP contribution is 2.20. The summed E-state index contributed by atoms with van der Waals surface area (Å²) in [6, 6.07) is 15.2. The molecule has 1 saturated heterocycles. The van der Waals surface area contributed by atoms with E-state index in [1.807, 2.05) is 50.2 Å². The number of rotatable bonds is 7. The van der Waals surface area contributed by atoms with Crippen LogP contribution in [0.3, 0.4) is 0 Å². The van der Waals surface area contributed by atoms with Crippen LogP contribution in [0.2, 0.25) is 5.02 Å². The fraction of sp³-hybridized carbons (Fsp3) is 0.391. The van der Waals surface area contributed by atoms with Crippen molar-refractivity contribution in [2.45, 2.75) is 26.4 Å². The van der Waals surface area contributed by atoms with E-state index in [1.54, 1.807) is 12.1 Å². The van der Waals surface area contributed by atoms with Crippen LogP contribution in [0.4, 0.5) is 5.69 Å². The molecular weight excluding hydrogens is 400 g/mol. The lowest BCUT2D eigenvalue weighted by Gasteiger charge is -2.37. The van der Waals surface area contributed by atoms with Gasteiger partial charge in [-0.25, -0.2) is 0 Å². The molecule has 0 saturated carbocycles. The first-order valence-electron chi connectivity index (χ1n) is 10.3. The van der Waals surface area contributed by atoms with E-state index >= 15 is 0 Å². The summed E-state index contributed by atoms with van der Waals surface area (Å²) in [7, 11) is 0. The number of carbonyl (C=O) groups is 2. The molecule has 2 N–H and O–H groups in total. The van der Waals surface area contributed by atoms with E-state index in [-0.39, 0.29) is 17.9 Å². The number of halogens is 1. The third kappa shape index (κ3) is 6.29. The van der Waals surface area contributed by atoms with E-state index in [9.17, 15) is 9.59 Å². The molecule has 7 heteroatoms. The van der Waals surface area contributed by atoms with E-state index in [0.717, 1.165) is 31.7 Å². The lowest BCUT2D eigenvalue weighted by molar-refractivity contribution is -0.127. The number of aryl methyl sites for hydroxylation is 1. The number of hydrogen-bond acceptors (Lipinski definition) is 4. The predicted octanol–water partition coefficient (Wildman–Crippen LogP) is 2.91. The van der Waals surface area contributed by atoms with Crippen molar-refractivity contribution in [3.8, 4) is 0 Å². The van der Waals surface area contributed by atoms with E-state index in [0.29, 0.717) is 23.8 Å². The standard InChI is InChI=1S/C23H29ClN4O2/c1-17-7-9-19(10-8-17)15-25-23(30)18(2)28-13-11-27(12-14-28)16-22(29)26-21-6-4-3-5-20(21)24/h3-10,18H,11-16H2,1-2H3,(H,25,30)(H,26,29). The number of amides is 2. The van der Waals surface area contributed by atoms with Gasteiger partial charge >= 0.3 is 0 Å². The fourth-order valence-electron chi connectivity index (χ4n) is 3.47. The Balaban J connectivity index is 1.40. The molecule has 0 aromatic heterocycles. The molecular formula is C23H29ClN4O2. The zero-order valence-electron chi connectivity index (χ0n) is 17.5. The molecule has 1 heterocycles. The van der Waals surface area contributed by atoms with Crippen molar-refractivity contribution in [2.24, 2.45) is 0 Å². The summed E-state index contributed by atoms with van der Waals surface area (Å²) < 4.78 is 0. The Labute approximate surface area is 183 Å². The van der Waals surface area contributed by atoms with Crippen LogP contribution in [0.15, 0.2) is 48.5 Å². The topological polar surface area (TPSA) is 64.7 Å². The Morgan fingerprint density at radius 3 is 2.37 bits per heavy atom. The van der Waals surface area contributed by atoms with Crippen molar-refractivity contribution in [2.75, 3.05) is 38.0 Å². The summed E-state index contributed by atoms with van der Waals surface area (Å²) in [6.07, 6.45) is 0. The van der Waals surface area contributed by atoms with Crippen LogP contribution in [-0.4, -0.2) is 60.4 Å². The first-order chi connectivity index (χ1) is 14.4. The van der Waals surface area contributed by atoms with E-state index in [1.165, 1.54) is 5.56 Å².